The maximum atomic E-state index is 13.3. The van der Waals surface area contributed by atoms with E-state index in [1.165, 1.54) is 37.6 Å². The zero-order valence-corrected chi connectivity index (χ0v) is 11.5. The lowest BCUT2D eigenvalue weighted by atomic mass is 10.0. The van der Waals surface area contributed by atoms with Gasteiger partial charge < -0.3 is 10.5 Å². The minimum absolute atomic E-state index is 0.325. The molecule has 0 aliphatic rings. The fourth-order valence-corrected chi connectivity index (χ4v) is 2.25. The molecule has 2 rings (SSSR count). The van der Waals surface area contributed by atoms with E-state index in [-0.39, 0.29) is 0 Å². The van der Waals surface area contributed by atoms with E-state index in [1.54, 1.807) is 0 Å². The predicted octanol–water partition coefficient (Wildman–Crippen LogP) is 3.58. The molecule has 1 heterocycles. The van der Waals surface area contributed by atoms with Crippen LogP contribution in [0.3, 0.4) is 0 Å². The zero-order valence-electron chi connectivity index (χ0n) is 10.0. The molecule has 1 aromatic carbocycles. The van der Waals surface area contributed by atoms with Gasteiger partial charge in [-0.3, -0.25) is 4.98 Å². The molecule has 0 amide bonds. The van der Waals surface area contributed by atoms with Gasteiger partial charge >= 0.3 is 0 Å². The summed E-state index contributed by atoms with van der Waals surface area (Å²) in [4.78, 5) is 4.09. The van der Waals surface area contributed by atoms with Crippen molar-refractivity contribution in [3.05, 3.63) is 57.6 Å². The zero-order chi connectivity index (χ0) is 14.0. The molecule has 1 unspecified atom stereocenters. The van der Waals surface area contributed by atoms with Gasteiger partial charge in [0.05, 0.1) is 28.9 Å². The minimum Gasteiger partial charge on any atom is -0.496 e. The van der Waals surface area contributed by atoms with Gasteiger partial charge in [-0.25, -0.2) is 4.39 Å². The number of aromatic nitrogens is 1. The van der Waals surface area contributed by atoms with Crippen molar-refractivity contribution in [1.29, 1.82) is 0 Å². The summed E-state index contributed by atoms with van der Waals surface area (Å²) in [5, 5.41) is 0.735. The van der Waals surface area contributed by atoms with Crippen molar-refractivity contribution in [2.45, 2.75) is 6.04 Å². The molecular weight excluding hydrogens is 290 g/mol. The molecule has 0 saturated carbocycles. The number of hydrogen-bond donors (Lipinski definition) is 1. The van der Waals surface area contributed by atoms with E-state index in [4.69, 9.17) is 33.7 Å². The van der Waals surface area contributed by atoms with Crippen molar-refractivity contribution >= 4 is 23.2 Å². The van der Waals surface area contributed by atoms with Gasteiger partial charge in [-0.05, 0) is 24.3 Å². The molecule has 2 N–H and O–H groups in total. The molecule has 19 heavy (non-hydrogen) atoms. The highest BCUT2D eigenvalue weighted by Crippen LogP contribution is 2.32. The average molecular weight is 301 g/mol. The molecule has 0 fully saturated rings. The van der Waals surface area contributed by atoms with E-state index < -0.39 is 11.9 Å². The first-order valence-electron chi connectivity index (χ1n) is 5.43. The summed E-state index contributed by atoms with van der Waals surface area (Å²) >= 11 is 11.8. The van der Waals surface area contributed by atoms with Crippen molar-refractivity contribution < 1.29 is 9.13 Å². The van der Waals surface area contributed by atoms with E-state index >= 15 is 0 Å². The molecule has 0 radical (unpaired) electrons. The maximum absolute atomic E-state index is 13.3. The SMILES string of the molecule is COc1ccc(F)cc1C(N)c1ncc(Cl)cc1Cl. The molecule has 0 aliphatic carbocycles. The molecule has 0 saturated heterocycles. The number of benzene rings is 1. The summed E-state index contributed by atoms with van der Waals surface area (Å²) in [6, 6.07) is 4.95. The van der Waals surface area contributed by atoms with Crippen LogP contribution < -0.4 is 10.5 Å². The molecular formula is C13H11Cl2FN2O. The Morgan fingerprint density at radius 2 is 2.05 bits per heavy atom. The Kier molecular flexibility index (Phi) is 4.24. The summed E-state index contributed by atoms with van der Waals surface area (Å²) in [5.41, 5.74) is 6.96. The molecule has 1 atom stereocenters. The second-order valence-electron chi connectivity index (χ2n) is 3.88. The molecule has 2 aromatic rings. The van der Waals surface area contributed by atoms with Crippen LogP contribution in [0.4, 0.5) is 4.39 Å². The van der Waals surface area contributed by atoms with E-state index in [2.05, 4.69) is 4.98 Å². The lowest BCUT2D eigenvalue weighted by molar-refractivity contribution is 0.406. The third-order valence-corrected chi connectivity index (χ3v) is 3.17. The number of nitrogens with zero attached hydrogens (tertiary/aromatic N) is 1. The van der Waals surface area contributed by atoms with Crippen molar-refractivity contribution in [3.8, 4) is 5.75 Å². The Labute approximate surface area is 120 Å². The largest absolute Gasteiger partial charge is 0.496 e. The van der Waals surface area contributed by atoms with Gasteiger partial charge in [0, 0.05) is 11.8 Å². The predicted molar refractivity (Wildman–Crippen MR) is 73.2 cm³/mol. The molecule has 0 aliphatic heterocycles. The third kappa shape index (κ3) is 2.97. The fraction of sp³-hybridized carbons (Fsp3) is 0.154. The molecule has 3 nitrogen and oxygen atoms in total. The van der Waals surface area contributed by atoms with E-state index in [1.807, 2.05) is 0 Å². The topological polar surface area (TPSA) is 48.1 Å². The highest BCUT2D eigenvalue weighted by Gasteiger charge is 2.19. The smallest absolute Gasteiger partial charge is 0.124 e. The number of methoxy groups -OCH3 is 1. The Morgan fingerprint density at radius 3 is 2.68 bits per heavy atom. The summed E-state index contributed by atoms with van der Waals surface area (Å²) < 4.78 is 18.5. The number of nitrogens with two attached hydrogens (primary N) is 1. The summed E-state index contributed by atoms with van der Waals surface area (Å²) in [6.45, 7) is 0. The van der Waals surface area contributed by atoms with Crippen molar-refractivity contribution in [3.63, 3.8) is 0 Å². The fourth-order valence-electron chi connectivity index (χ4n) is 1.75. The Bertz CT molecular complexity index is 607. The number of ether oxygens (including phenoxy) is 1. The standard InChI is InChI=1S/C13H11Cl2FN2O/c1-19-11-3-2-8(16)5-9(11)12(17)13-10(15)4-7(14)6-18-13/h2-6,12H,17H2,1H3. The first kappa shape index (κ1) is 14.1. The molecule has 100 valence electrons. The monoisotopic (exact) mass is 300 g/mol. The van der Waals surface area contributed by atoms with Crippen LogP contribution in [-0.4, -0.2) is 12.1 Å². The second-order valence-corrected chi connectivity index (χ2v) is 4.73. The lowest BCUT2D eigenvalue weighted by Gasteiger charge is -2.16. The van der Waals surface area contributed by atoms with E-state index in [0.29, 0.717) is 27.1 Å². The Morgan fingerprint density at radius 1 is 1.32 bits per heavy atom. The van der Waals surface area contributed by atoms with Crippen molar-refractivity contribution in [2.75, 3.05) is 7.11 Å². The van der Waals surface area contributed by atoms with E-state index in [0.717, 1.165) is 0 Å². The molecule has 0 spiro atoms. The highest BCUT2D eigenvalue weighted by atomic mass is 35.5. The first-order valence-corrected chi connectivity index (χ1v) is 6.18. The molecule has 6 heteroatoms. The normalized spacial score (nSPS) is 12.3. The van der Waals surface area contributed by atoms with Crippen LogP contribution in [0.1, 0.15) is 17.3 Å². The minimum atomic E-state index is -0.699. The molecule has 0 bridgehead atoms. The Hall–Kier alpha value is -1.36. The first-order chi connectivity index (χ1) is 9.02. The van der Waals surface area contributed by atoms with Crippen LogP contribution >= 0.6 is 23.2 Å². The van der Waals surface area contributed by atoms with Crippen molar-refractivity contribution in [2.24, 2.45) is 5.73 Å². The third-order valence-electron chi connectivity index (χ3n) is 2.66. The summed E-state index contributed by atoms with van der Waals surface area (Å²) in [5.74, 6) is 0.0676. The number of hydrogen-bond acceptors (Lipinski definition) is 3. The number of rotatable bonds is 3. The Balaban J connectivity index is 2.49. The van der Waals surface area contributed by atoms with Gasteiger partial charge in [-0.1, -0.05) is 23.2 Å². The van der Waals surface area contributed by atoms with E-state index in [9.17, 15) is 4.39 Å². The summed E-state index contributed by atoms with van der Waals surface area (Å²) in [6.07, 6.45) is 1.44. The maximum Gasteiger partial charge on any atom is 0.124 e. The highest BCUT2D eigenvalue weighted by molar-refractivity contribution is 6.34. The van der Waals surface area contributed by atoms with Crippen molar-refractivity contribution in [1.82, 2.24) is 4.98 Å². The summed E-state index contributed by atoms with van der Waals surface area (Å²) in [7, 11) is 1.49. The van der Waals surface area contributed by atoms with Gasteiger partial charge in [0.1, 0.15) is 11.6 Å². The van der Waals surface area contributed by atoms with Gasteiger partial charge in [0.2, 0.25) is 0 Å². The van der Waals surface area contributed by atoms with Crippen LogP contribution in [0.25, 0.3) is 0 Å². The van der Waals surface area contributed by atoms with Crippen LogP contribution in [0, 0.1) is 5.82 Å². The van der Waals surface area contributed by atoms with Gasteiger partial charge in [0.15, 0.2) is 0 Å². The average Bonchev–Trinajstić information content (AvgIpc) is 2.38. The van der Waals surface area contributed by atoms with Gasteiger partial charge in [-0.2, -0.15) is 0 Å². The number of halogens is 3. The molecule has 1 aromatic heterocycles. The number of pyridine rings is 1. The quantitative estimate of drug-likeness (QED) is 0.942. The van der Waals surface area contributed by atoms with Crippen LogP contribution in [0.5, 0.6) is 5.75 Å². The second kappa shape index (κ2) is 5.74. The van der Waals surface area contributed by atoms with Gasteiger partial charge in [-0.15, -0.1) is 0 Å². The van der Waals surface area contributed by atoms with Crippen LogP contribution in [-0.2, 0) is 0 Å². The lowest BCUT2D eigenvalue weighted by Crippen LogP contribution is -2.15. The van der Waals surface area contributed by atoms with Crippen LogP contribution in [0.15, 0.2) is 30.5 Å². The van der Waals surface area contributed by atoms with Crippen LogP contribution in [0.2, 0.25) is 10.0 Å². The van der Waals surface area contributed by atoms with Gasteiger partial charge in [0.25, 0.3) is 0 Å².